The van der Waals surface area contributed by atoms with Gasteiger partial charge < -0.3 is 14.6 Å². The molecule has 2 aromatic carbocycles. The molecule has 3 rings (SSSR count). The molecule has 0 bridgehead atoms. The van der Waals surface area contributed by atoms with Crippen molar-refractivity contribution in [1.82, 2.24) is 4.98 Å². The van der Waals surface area contributed by atoms with Gasteiger partial charge in [-0.05, 0) is 36.4 Å². The van der Waals surface area contributed by atoms with Crippen LogP contribution in [0.3, 0.4) is 0 Å². The number of allylic oxidation sites excluding steroid dienone is 1. The first-order valence-electron chi connectivity index (χ1n) is 8.07. The molecular formula is C20H13N3O4S. The lowest BCUT2D eigenvalue weighted by atomic mass is 10.2. The Morgan fingerprint density at radius 1 is 1.11 bits per heavy atom. The van der Waals surface area contributed by atoms with Crippen LogP contribution in [0.15, 0.2) is 54.3 Å². The van der Waals surface area contributed by atoms with E-state index in [4.69, 9.17) is 14.7 Å². The highest BCUT2D eigenvalue weighted by atomic mass is 32.1. The number of rotatable bonds is 6. The molecule has 8 heteroatoms. The van der Waals surface area contributed by atoms with Gasteiger partial charge in [0.05, 0.1) is 21.8 Å². The van der Waals surface area contributed by atoms with E-state index < -0.39 is 12.6 Å². The highest BCUT2D eigenvalue weighted by molar-refractivity contribution is 7.19. The van der Waals surface area contributed by atoms with Gasteiger partial charge in [0, 0.05) is 0 Å². The van der Waals surface area contributed by atoms with Crippen molar-refractivity contribution in [3.63, 3.8) is 0 Å². The zero-order valence-electron chi connectivity index (χ0n) is 14.5. The summed E-state index contributed by atoms with van der Waals surface area (Å²) in [4.78, 5) is 16.1. The molecule has 1 heterocycles. The van der Waals surface area contributed by atoms with Crippen molar-refractivity contribution in [3.05, 3.63) is 64.9 Å². The second-order valence-corrected chi connectivity index (χ2v) is 6.54. The number of thiazole rings is 1. The molecule has 0 unspecified atom stereocenters. The zero-order chi connectivity index (χ0) is 19.9. The van der Waals surface area contributed by atoms with Gasteiger partial charge in [0.15, 0.2) is 12.4 Å². The molecule has 0 saturated heterocycles. The second-order valence-electron chi connectivity index (χ2n) is 5.51. The molecule has 28 heavy (non-hydrogen) atoms. The average molecular weight is 391 g/mol. The Morgan fingerprint density at radius 3 is 2.54 bits per heavy atom. The molecule has 0 aliphatic rings. The highest BCUT2D eigenvalue weighted by Crippen LogP contribution is 2.28. The van der Waals surface area contributed by atoms with Crippen molar-refractivity contribution in [3.8, 4) is 17.9 Å². The number of carbonyl (C=O) groups is 1. The first kappa shape index (κ1) is 18.9. The van der Waals surface area contributed by atoms with Crippen LogP contribution in [-0.4, -0.2) is 29.3 Å². The summed E-state index contributed by atoms with van der Waals surface area (Å²) in [5.74, 6) is -0.686. The third-order valence-electron chi connectivity index (χ3n) is 3.62. The average Bonchev–Trinajstić information content (AvgIpc) is 3.15. The Morgan fingerprint density at radius 2 is 1.86 bits per heavy atom. The van der Waals surface area contributed by atoms with Crippen LogP contribution in [0.1, 0.15) is 10.6 Å². The number of aromatic nitrogens is 1. The van der Waals surface area contributed by atoms with Crippen molar-refractivity contribution in [2.45, 2.75) is 0 Å². The number of benzene rings is 2. The number of para-hydroxylation sites is 1. The van der Waals surface area contributed by atoms with E-state index in [0.717, 1.165) is 10.2 Å². The number of hydrogen-bond donors (Lipinski definition) is 1. The third-order valence-corrected chi connectivity index (χ3v) is 4.67. The Kier molecular flexibility index (Phi) is 5.85. The summed E-state index contributed by atoms with van der Waals surface area (Å²) in [5, 5.41) is 28.6. The number of nitriles is 2. The summed E-state index contributed by atoms with van der Waals surface area (Å²) in [5.41, 5.74) is 1.15. The van der Waals surface area contributed by atoms with Gasteiger partial charge in [-0.25, -0.2) is 9.78 Å². The Hall–Kier alpha value is -3.88. The van der Waals surface area contributed by atoms with Crippen LogP contribution < -0.4 is 4.74 Å². The van der Waals surface area contributed by atoms with E-state index in [2.05, 4.69) is 4.98 Å². The fourth-order valence-electron chi connectivity index (χ4n) is 2.25. The lowest BCUT2D eigenvalue weighted by Crippen LogP contribution is -2.16. The van der Waals surface area contributed by atoms with Crippen LogP contribution in [-0.2, 0) is 9.53 Å². The third kappa shape index (κ3) is 4.44. The van der Waals surface area contributed by atoms with Gasteiger partial charge in [-0.2, -0.15) is 10.5 Å². The summed E-state index contributed by atoms with van der Waals surface area (Å²) < 4.78 is 11.1. The maximum absolute atomic E-state index is 11.8. The molecule has 1 aromatic heterocycles. The Balaban J connectivity index is 1.60. The molecule has 3 aromatic rings. The van der Waals surface area contributed by atoms with Gasteiger partial charge in [0.2, 0.25) is 0 Å². The monoisotopic (exact) mass is 391 g/mol. The molecule has 0 aliphatic carbocycles. The number of esters is 1. The Bertz CT molecular complexity index is 1090. The maximum atomic E-state index is 11.8. The van der Waals surface area contributed by atoms with Gasteiger partial charge in [0.25, 0.3) is 0 Å². The fraction of sp³-hybridized carbons (Fsp3) is 0.100. The molecule has 0 amide bonds. The molecule has 0 fully saturated rings. The van der Waals surface area contributed by atoms with Crippen molar-refractivity contribution < 1.29 is 19.4 Å². The zero-order valence-corrected chi connectivity index (χ0v) is 15.3. The molecule has 0 saturated carbocycles. The highest BCUT2D eigenvalue weighted by Gasteiger charge is 2.15. The lowest BCUT2D eigenvalue weighted by molar-refractivity contribution is -0.145. The van der Waals surface area contributed by atoms with E-state index in [0.29, 0.717) is 16.3 Å². The minimum absolute atomic E-state index is 0.0398. The minimum Gasteiger partial charge on any atom is -0.507 e. The fourth-order valence-corrected chi connectivity index (χ4v) is 3.23. The van der Waals surface area contributed by atoms with Crippen LogP contribution >= 0.6 is 11.3 Å². The predicted molar refractivity (Wildman–Crippen MR) is 102 cm³/mol. The number of fused-ring (bicyclic) bond motifs is 1. The second kappa shape index (κ2) is 8.67. The van der Waals surface area contributed by atoms with Gasteiger partial charge in [-0.3, -0.25) is 0 Å². The summed E-state index contributed by atoms with van der Waals surface area (Å²) in [7, 11) is 0. The number of aliphatic hydroxyl groups is 1. The summed E-state index contributed by atoms with van der Waals surface area (Å²) in [6, 6.07) is 17.5. The molecule has 138 valence electrons. The van der Waals surface area contributed by atoms with Crippen LogP contribution in [0.2, 0.25) is 0 Å². The van der Waals surface area contributed by atoms with Crippen molar-refractivity contribution in [2.24, 2.45) is 0 Å². The Labute approximate surface area is 164 Å². The lowest BCUT2D eigenvalue weighted by Gasteiger charge is -2.07. The van der Waals surface area contributed by atoms with Crippen LogP contribution in [0.5, 0.6) is 5.75 Å². The molecule has 0 atom stereocenters. The smallest absolute Gasteiger partial charge is 0.344 e. The number of aliphatic hydroxyl groups excluding tert-OH is 1. The van der Waals surface area contributed by atoms with E-state index in [1.165, 1.54) is 11.3 Å². The van der Waals surface area contributed by atoms with Gasteiger partial charge >= 0.3 is 5.97 Å². The summed E-state index contributed by atoms with van der Waals surface area (Å²) in [6.07, 6.45) is 0. The standard InChI is InChI=1S/C20H13N3O4S/c21-9-13-5-7-14(8-6-13)26-12-19(25)27-11-17(24)15(10-22)20-23-16-3-1-2-4-18(16)28-20/h1-8,24H,11-12H2. The largest absolute Gasteiger partial charge is 0.507 e. The minimum atomic E-state index is -0.711. The van der Waals surface area contributed by atoms with E-state index in [1.807, 2.05) is 36.4 Å². The van der Waals surface area contributed by atoms with Crippen LogP contribution in [0.25, 0.3) is 15.8 Å². The number of hydrogen-bond acceptors (Lipinski definition) is 8. The van der Waals surface area contributed by atoms with Gasteiger partial charge in [0.1, 0.15) is 29.0 Å². The summed E-state index contributed by atoms with van der Waals surface area (Å²) >= 11 is 1.26. The number of ether oxygens (including phenoxy) is 2. The molecule has 7 nitrogen and oxygen atoms in total. The molecule has 0 radical (unpaired) electrons. The first-order chi connectivity index (χ1) is 13.6. The molecule has 0 aliphatic heterocycles. The van der Waals surface area contributed by atoms with Gasteiger partial charge in [-0.1, -0.05) is 12.1 Å². The molecular weight excluding hydrogens is 378 g/mol. The van der Waals surface area contributed by atoms with Crippen LogP contribution in [0, 0.1) is 22.7 Å². The quantitative estimate of drug-likeness (QED) is 0.388. The van der Waals surface area contributed by atoms with E-state index >= 15 is 0 Å². The van der Waals surface area contributed by atoms with E-state index in [1.54, 1.807) is 24.3 Å². The maximum Gasteiger partial charge on any atom is 0.344 e. The predicted octanol–water partition coefficient (Wildman–Crippen LogP) is 3.58. The van der Waals surface area contributed by atoms with Crippen molar-refractivity contribution in [2.75, 3.05) is 13.2 Å². The van der Waals surface area contributed by atoms with E-state index in [9.17, 15) is 15.2 Å². The van der Waals surface area contributed by atoms with E-state index in [-0.39, 0.29) is 17.9 Å². The van der Waals surface area contributed by atoms with Gasteiger partial charge in [-0.15, -0.1) is 11.3 Å². The van der Waals surface area contributed by atoms with Crippen molar-refractivity contribution in [1.29, 1.82) is 10.5 Å². The number of carbonyl (C=O) groups excluding carboxylic acids is 1. The normalized spacial score (nSPS) is 11.2. The van der Waals surface area contributed by atoms with Crippen molar-refractivity contribution >= 4 is 33.1 Å². The molecule has 1 N–H and O–H groups in total. The molecule has 0 spiro atoms. The topological polar surface area (TPSA) is 116 Å². The summed E-state index contributed by atoms with van der Waals surface area (Å²) in [6.45, 7) is -0.837. The number of nitrogens with zero attached hydrogens (tertiary/aromatic N) is 3. The first-order valence-corrected chi connectivity index (χ1v) is 8.89. The van der Waals surface area contributed by atoms with Crippen LogP contribution in [0.4, 0.5) is 0 Å². The SMILES string of the molecule is N#CC(=C(O)COC(=O)COc1ccc(C#N)cc1)c1nc2ccccc2s1.